The fraction of sp³-hybridized carbons (Fsp3) is 0.533. The first-order valence-corrected chi connectivity index (χ1v) is 8.95. The molecule has 1 aliphatic rings. The minimum Gasteiger partial charge on any atom is -0.351 e. The number of carbonyl (C=O) groups excluding carboxylic acids is 1. The zero-order chi connectivity index (χ0) is 16.2. The van der Waals surface area contributed by atoms with Gasteiger partial charge in [0.2, 0.25) is 5.91 Å². The summed E-state index contributed by atoms with van der Waals surface area (Å²) >= 11 is 0. The Morgan fingerprint density at radius 2 is 2.00 bits per heavy atom. The Morgan fingerprint density at radius 1 is 1.32 bits per heavy atom. The Balaban J connectivity index is 1.99. The lowest BCUT2D eigenvalue weighted by Crippen LogP contribution is -2.50. The molecule has 1 unspecified atom stereocenters. The molecule has 6 nitrogen and oxygen atoms in total. The van der Waals surface area contributed by atoms with Gasteiger partial charge < -0.3 is 5.32 Å². The predicted molar refractivity (Wildman–Crippen MR) is 85.2 cm³/mol. The van der Waals surface area contributed by atoms with Crippen LogP contribution < -0.4 is 10.0 Å². The van der Waals surface area contributed by atoms with Gasteiger partial charge in [-0.25, -0.2) is 0 Å². The van der Waals surface area contributed by atoms with Gasteiger partial charge in [-0.2, -0.15) is 17.4 Å². The highest BCUT2D eigenvalue weighted by Crippen LogP contribution is 2.20. The minimum absolute atomic E-state index is 0.196. The maximum atomic E-state index is 12.3. The molecule has 1 aromatic rings. The number of benzene rings is 1. The molecule has 1 atom stereocenters. The molecule has 7 heteroatoms. The van der Waals surface area contributed by atoms with Crippen LogP contribution in [0.2, 0.25) is 0 Å². The van der Waals surface area contributed by atoms with Crippen LogP contribution in [0.15, 0.2) is 30.3 Å². The van der Waals surface area contributed by atoms with Gasteiger partial charge in [0.15, 0.2) is 0 Å². The Morgan fingerprint density at radius 3 is 2.64 bits per heavy atom. The summed E-state index contributed by atoms with van der Waals surface area (Å²) in [7, 11) is -3.61. The Labute approximate surface area is 132 Å². The lowest BCUT2D eigenvalue weighted by Gasteiger charge is -2.24. The van der Waals surface area contributed by atoms with Gasteiger partial charge in [0.05, 0.1) is 0 Å². The largest absolute Gasteiger partial charge is 0.351 e. The van der Waals surface area contributed by atoms with Crippen LogP contribution in [0.5, 0.6) is 0 Å². The molecule has 0 spiro atoms. The van der Waals surface area contributed by atoms with Crippen molar-refractivity contribution < 1.29 is 13.2 Å². The van der Waals surface area contributed by atoms with Crippen molar-refractivity contribution in [3.8, 4) is 0 Å². The van der Waals surface area contributed by atoms with Crippen molar-refractivity contribution in [2.45, 2.75) is 45.3 Å². The molecule has 1 aliphatic heterocycles. The lowest BCUT2D eigenvalue weighted by molar-refractivity contribution is -0.124. The normalized spacial score (nSPS) is 19.5. The fourth-order valence-corrected chi connectivity index (χ4v) is 4.20. The predicted octanol–water partition coefficient (Wildman–Crippen LogP) is 1.01. The summed E-state index contributed by atoms with van der Waals surface area (Å²) in [5.74, 6) is -0.240. The van der Waals surface area contributed by atoms with Crippen LogP contribution in [-0.2, 0) is 21.5 Å². The van der Waals surface area contributed by atoms with Crippen molar-refractivity contribution in [2.75, 3.05) is 6.54 Å². The molecule has 2 N–H and O–H groups in total. The van der Waals surface area contributed by atoms with E-state index in [1.807, 2.05) is 30.3 Å². The number of hydrogen-bond donors (Lipinski definition) is 2. The molecule has 0 radical (unpaired) electrons. The molecule has 1 amide bonds. The lowest BCUT2D eigenvalue weighted by atomic mass is 10.2. The SMILES string of the molecule is CC(C)NS(=O)(=O)N1CCCC1C(=O)NCc1ccccc1. The van der Waals surface area contributed by atoms with Gasteiger partial charge in [-0.15, -0.1) is 0 Å². The highest BCUT2D eigenvalue weighted by atomic mass is 32.2. The highest BCUT2D eigenvalue weighted by molar-refractivity contribution is 7.87. The smallest absolute Gasteiger partial charge is 0.280 e. The third-order valence-electron chi connectivity index (χ3n) is 3.51. The van der Waals surface area contributed by atoms with E-state index in [0.717, 1.165) is 5.56 Å². The molecular weight excluding hydrogens is 302 g/mol. The van der Waals surface area contributed by atoms with Gasteiger partial charge in [0.25, 0.3) is 10.2 Å². The fourth-order valence-electron chi connectivity index (χ4n) is 2.56. The summed E-state index contributed by atoms with van der Waals surface area (Å²) in [6.07, 6.45) is 1.25. The van der Waals surface area contributed by atoms with Gasteiger partial charge in [-0.1, -0.05) is 30.3 Å². The van der Waals surface area contributed by atoms with Gasteiger partial charge >= 0.3 is 0 Å². The van der Waals surface area contributed by atoms with Gasteiger partial charge in [-0.05, 0) is 32.3 Å². The summed E-state index contributed by atoms with van der Waals surface area (Å²) in [4.78, 5) is 12.3. The van der Waals surface area contributed by atoms with E-state index in [9.17, 15) is 13.2 Å². The van der Waals surface area contributed by atoms with Crippen LogP contribution >= 0.6 is 0 Å². The first-order valence-electron chi connectivity index (χ1n) is 7.51. The molecule has 0 aromatic heterocycles. The van der Waals surface area contributed by atoms with E-state index in [4.69, 9.17) is 0 Å². The summed E-state index contributed by atoms with van der Waals surface area (Å²) in [5, 5.41) is 2.82. The number of nitrogens with zero attached hydrogens (tertiary/aromatic N) is 1. The third kappa shape index (κ3) is 4.28. The number of carbonyl (C=O) groups is 1. The third-order valence-corrected chi connectivity index (χ3v) is 5.33. The zero-order valence-electron chi connectivity index (χ0n) is 13.0. The molecule has 0 aliphatic carbocycles. The van der Waals surface area contributed by atoms with Crippen LogP contribution in [0.1, 0.15) is 32.3 Å². The summed E-state index contributed by atoms with van der Waals surface area (Å²) < 4.78 is 28.3. The maximum Gasteiger partial charge on any atom is 0.280 e. The molecule has 2 rings (SSSR count). The molecule has 0 saturated carbocycles. The van der Waals surface area contributed by atoms with Gasteiger partial charge in [-0.3, -0.25) is 4.79 Å². The van der Waals surface area contributed by atoms with Gasteiger partial charge in [0.1, 0.15) is 6.04 Å². The van der Waals surface area contributed by atoms with E-state index >= 15 is 0 Å². The molecule has 0 bridgehead atoms. The van der Waals surface area contributed by atoms with E-state index in [1.54, 1.807) is 13.8 Å². The standard InChI is InChI=1S/C15H23N3O3S/c1-12(2)17-22(20,21)18-10-6-9-14(18)15(19)16-11-13-7-4-3-5-8-13/h3-5,7-8,12,14,17H,6,9-11H2,1-2H3,(H,16,19). The van der Waals surface area contributed by atoms with E-state index in [-0.39, 0.29) is 11.9 Å². The average molecular weight is 325 g/mol. The monoisotopic (exact) mass is 325 g/mol. The van der Waals surface area contributed by atoms with Crippen LogP contribution in [0.4, 0.5) is 0 Å². The van der Waals surface area contributed by atoms with Crippen molar-refractivity contribution in [1.29, 1.82) is 0 Å². The molecule has 1 heterocycles. The number of amides is 1. The van der Waals surface area contributed by atoms with E-state index in [1.165, 1.54) is 4.31 Å². The van der Waals surface area contributed by atoms with Crippen molar-refractivity contribution >= 4 is 16.1 Å². The Bertz CT molecular complexity index is 602. The van der Waals surface area contributed by atoms with E-state index in [0.29, 0.717) is 25.9 Å². The summed E-state index contributed by atoms with van der Waals surface area (Å²) in [6.45, 7) is 4.31. The molecule has 1 aromatic carbocycles. The first kappa shape index (κ1) is 16.9. The summed E-state index contributed by atoms with van der Waals surface area (Å²) in [5.41, 5.74) is 0.989. The van der Waals surface area contributed by atoms with Crippen LogP contribution in [-0.4, -0.2) is 37.3 Å². The quantitative estimate of drug-likeness (QED) is 0.819. The second-order valence-electron chi connectivity index (χ2n) is 5.75. The molecule has 122 valence electrons. The molecule has 22 heavy (non-hydrogen) atoms. The highest BCUT2D eigenvalue weighted by Gasteiger charge is 2.38. The van der Waals surface area contributed by atoms with Crippen LogP contribution in [0.25, 0.3) is 0 Å². The first-order chi connectivity index (χ1) is 10.4. The minimum atomic E-state index is -3.61. The van der Waals surface area contributed by atoms with Crippen molar-refractivity contribution in [2.24, 2.45) is 0 Å². The molecule has 1 saturated heterocycles. The second kappa shape index (κ2) is 7.21. The number of hydrogen-bond acceptors (Lipinski definition) is 3. The van der Waals surface area contributed by atoms with Crippen molar-refractivity contribution in [3.63, 3.8) is 0 Å². The topological polar surface area (TPSA) is 78.5 Å². The van der Waals surface area contributed by atoms with E-state index < -0.39 is 16.3 Å². The van der Waals surface area contributed by atoms with Crippen molar-refractivity contribution in [1.82, 2.24) is 14.3 Å². The Hall–Kier alpha value is -1.44. The van der Waals surface area contributed by atoms with Crippen LogP contribution in [0, 0.1) is 0 Å². The summed E-state index contributed by atoms with van der Waals surface area (Å²) in [6, 6.07) is 8.74. The van der Waals surface area contributed by atoms with Crippen molar-refractivity contribution in [3.05, 3.63) is 35.9 Å². The van der Waals surface area contributed by atoms with Crippen LogP contribution in [0.3, 0.4) is 0 Å². The molecular formula is C15H23N3O3S. The zero-order valence-corrected chi connectivity index (χ0v) is 13.8. The maximum absolute atomic E-state index is 12.3. The average Bonchev–Trinajstić information content (AvgIpc) is 2.95. The molecule has 1 fully saturated rings. The van der Waals surface area contributed by atoms with E-state index in [2.05, 4.69) is 10.0 Å². The Kier molecular flexibility index (Phi) is 5.55. The second-order valence-corrected chi connectivity index (χ2v) is 7.40. The number of rotatable bonds is 6. The van der Waals surface area contributed by atoms with Gasteiger partial charge in [0, 0.05) is 19.1 Å². The number of nitrogens with one attached hydrogen (secondary N) is 2.